The first-order valence-corrected chi connectivity index (χ1v) is 28.2. The zero-order valence-corrected chi connectivity index (χ0v) is 49.3. The largest absolute Gasteiger partial charge is 2.00 e. The molecule has 0 spiro atoms. The number of rotatable bonds is 12. The molecule has 9 aromatic carbocycles. The van der Waals surface area contributed by atoms with Gasteiger partial charge in [0.25, 0.3) is 0 Å². The Kier molecular flexibility index (Phi) is 13.4. The molecular weight excluding hydrogens is 1190 g/mol. The van der Waals surface area contributed by atoms with Gasteiger partial charge in [0.15, 0.2) is 5.58 Å². The monoisotopic (exact) mass is 1250 g/mol. The van der Waals surface area contributed by atoms with Crippen molar-refractivity contribution in [3.63, 3.8) is 0 Å². The number of imidazole rings is 2. The smallest absolute Gasteiger partial charge is 0.499 e. The van der Waals surface area contributed by atoms with Gasteiger partial charge in [0.2, 0.25) is 0 Å². The van der Waals surface area contributed by atoms with Crippen LogP contribution in [0.1, 0.15) is 101 Å². The molecule has 0 fully saturated rings. The minimum atomic E-state index is 0. The number of nitrogens with zero attached hydrogens (tertiary/aromatic N) is 5. The van der Waals surface area contributed by atoms with Crippen molar-refractivity contribution in [1.29, 1.82) is 0 Å². The fraction of sp³-hybridized carbons (Fsp3) is 0.164. The summed E-state index contributed by atoms with van der Waals surface area (Å²) >= 11 is 0. The van der Waals surface area contributed by atoms with Crippen LogP contribution in [-0.4, -0.2) is 24.1 Å². The number of para-hydroxylation sites is 5. The van der Waals surface area contributed by atoms with E-state index in [9.17, 15) is 0 Å². The van der Waals surface area contributed by atoms with Crippen LogP contribution in [0.3, 0.4) is 0 Å². The number of hydrogen-bond acceptors (Lipinski definition) is 6. The summed E-state index contributed by atoms with van der Waals surface area (Å²) in [5.41, 5.74) is 21.0. The van der Waals surface area contributed by atoms with E-state index in [0.29, 0.717) is 45.2 Å². The summed E-state index contributed by atoms with van der Waals surface area (Å²) in [6, 6.07) is 73.0. The van der Waals surface area contributed by atoms with Crippen LogP contribution in [0.5, 0.6) is 11.5 Å². The molecule has 5 heterocycles. The molecule has 8 nitrogen and oxygen atoms in total. The van der Waals surface area contributed by atoms with Crippen molar-refractivity contribution in [2.24, 2.45) is 0 Å². The van der Waals surface area contributed by atoms with Gasteiger partial charge in [-0.2, -0.15) is 0 Å². The van der Waals surface area contributed by atoms with E-state index in [1.807, 2.05) is 54.6 Å². The molecule has 0 unspecified atom stereocenters. The fourth-order valence-electron chi connectivity index (χ4n) is 11.9. The van der Waals surface area contributed by atoms with Gasteiger partial charge in [0, 0.05) is 34.3 Å². The van der Waals surface area contributed by atoms with Crippen molar-refractivity contribution >= 4 is 66.2 Å². The number of benzene rings is 9. The molecule has 82 heavy (non-hydrogen) atoms. The Morgan fingerprint density at radius 2 is 0.890 bits per heavy atom. The summed E-state index contributed by atoms with van der Waals surface area (Å²) in [6.07, 6.45) is 0. The van der Waals surface area contributed by atoms with E-state index in [-0.39, 0.29) is 44.7 Å². The summed E-state index contributed by atoms with van der Waals surface area (Å²) in [7, 11) is 0. The van der Waals surface area contributed by atoms with Gasteiger partial charge in [0.1, 0.15) is 16.7 Å². The molecule has 0 N–H and O–H groups in total. The number of aromatic nitrogens is 5. The third-order valence-corrected chi connectivity index (χ3v) is 15.8. The fourth-order valence-corrected chi connectivity index (χ4v) is 11.9. The Morgan fingerprint density at radius 3 is 1.46 bits per heavy atom. The molecule has 0 aliphatic carbocycles. The van der Waals surface area contributed by atoms with E-state index >= 15 is 0 Å². The third kappa shape index (κ3) is 8.92. The molecule has 0 aliphatic rings. The Labute approximate surface area is 491 Å². The number of pyridine rings is 1. The van der Waals surface area contributed by atoms with E-state index in [1.165, 1.54) is 44.5 Å². The predicted octanol–water partition coefficient (Wildman–Crippen LogP) is 20.1. The summed E-state index contributed by atoms with van der Waals surface area (Å²) in [4.78, 5) is 16.3. The number of ether oxygens (including phenoxy) is 1. The van der Waals surface area contributed by atoms with Crippen LogP contribution in [0.25, 0.3) is 123 Å². The quantitative estimate of drug-likeness (QED) is 0.113. The second-order valence-corrected chi connectivity index (χ2v) is 22.5. The Morgan fingerprint density at radius 1 is 0.402 bits per heavy atom. The summed E-state index contributed by atoms with van der Waals surface area (Å²) in [5.74, 6) is 3.13. The molecule has 9 heteroatoms. The minimum Gasteiger partial charge on any atom is -0.499 e. The SMILES string of the molecule is CC(C)c1cc(-c2ccccc2)cc(C(C)C)c1-n1c(-c2[c-]c(Oc3[c-]c(-c4nc5ccccc5n4-c4c(C(C)C)cc(-c5ccccc5)cc4C(C)C)c4oc5cc6oc7ccccc7c6nc5c4c3)ccc2)nc2ccccc21.[Pt+2]. The van der Waals surface area contributed by atoms with Crippen LogP contribution >= 0.6 is 0 Å². The molecule has 14 aromatic rings. The Balaban J connectivity index is 0.00000631. The summed E-state index contributed by atoms with van der Waals surface area (Å²) < 4.78 is 25.2. The summed E-state index contributed by atoms with van der Waals surface area (Å²) in [5, 5.41) is 1.68. The maximum Gasteiger partial charge on any atom is 2.00 e. The minimum absolute atomic E-state index is 0. The van der Waals surface area contributed by atoms with E-state index in [2.05, 4.69) is 210 Å². The van der Waals surface area contributed by atoms with Crippen molar-refractivity contribution in [3.05, 3.63) is 222 Å². The molecule has 14 rings (SSSR count). The van der Waals surface area contributed by atoms with Gasteiger partial charge < -0.3 is 22.7 Å². The van der Waals surface area contributed by atoms with E-state index in [0.717, 1.165) is 66.7 Å². The van der Waals surface area contributed by atoms with Crippen LogP contribution < -0.4 is 4.74 Å². The molecule has 0 saturated heterocycles. The van der Waals surface area contributed by atoms with Gasteiger partial charge in [-0.05, 0) is 134 Å². The van der Waals surface area contributed by atoms with Crippen molar-refractivity contribution in [2.75, 3.05) is 0 Å². The van der Waals surface area contributed by atoms with E-state index < -0.39 is 0 Å². The van der Waals surface area contributed by atoms with Gasteiger partial charge in [0.05, 0.1) is 44.8 Å². The van der Waals surface area contributed by atoms with Crippen molar-refractivity contribution < 1.29 is 34.6 Å². The van der Waals surface area contributed by atoms with Gasteiger partial charge in [-0.15, -0.1) is 23.8 Å². The normalized spacial score (nSPS) is 12.0. The number of hydrogen-bond donors (Lipinski definition) is 0. The van der Waals surface area contributed by atoms with Gasteiger partial charge in [-0.25, -0.2) is 4.98 Å². The van der Waals surface area contributed by atoms with Crippen LogP contribution in [0.2, 0.25) is 0 Å². The average molecular weight is 1250 g/mol. The van der Waals surface area contributed by atoms with E-state index in [1.54, 1.807) is 0 Å². The van der Waals surface area contributed by atoms with Gasteiger partial charge >= 0.3 is 21.1 Å². The van der Waals surface area contributed by atoms with Crippen LogP contribution in [-0.2, 0) is 21.1 Å². The third-order valence-electron chi connectivity index (χ3n) is 15.8. The van der Waals surface area contributed by atoms with Crippen LogP contribution in [0.4, 0.5) is 0 Å². The first kappa shape index (κ1) is 52.5. The van der Waals surface area contributed by atoms with Crippen molar-refractivity contribution in [2.45, 2.75) is 79.1 Å². The van der Waals surface area contributed by atoms with Crippen LogP contribution in [0, 0.1) is 12.1 Å². The zero-order chi connectivity index (χ0) is 55.2. The Hall–Kier alpha value is -8.84. The predicted molar refractivity (Wildman–Crippen MR) is 330 cm³/mol. The van der Waals surface area contributed by atoms with E-state index in [4.69, 9.17) is 28.5 Å². The van der Waals surface area contributed by atoms with Gasteiger partial charge in [-0.1, -0.05) is 176 Å². The molecule has 0 bridgehead atoms. The molecule has 0 aliphatic heterocycles. The van der Waals surface area contributed by atoms with Crippen molar-refractivity contribution in [1.82, 2.24) is 24.1 Å². The van der Waals surface area contributed by atoms with Crippen molar-refractivity contribution in [3.8, 4) is 67.9 Å². The molecule has 5 aromatic heterocycles. The number of furan rings is 2. The second-order valence-electron chi connectivity index (χ2n) is 22.5. The van der Waals surface area contributed by atoms with Gasteiger partial charge in [-0.3, -0.25) is 9.97 Å². The molecule has 0 atom stereocenters. The molecule has 0 saturated carbocycles. The second kappa shape index (κ2) is 20.9. The summed E-state index contributed by atoms with van der Waals surface area (Å²) in [6.45, 7) is 18.2. The first-order valence-electron chi connectivity index (χ1n) is 28.2. The number of fused-ring (bicyclic) bond motifs is 8. The maximum absolute atomic E-state index is 7.12. The first-order chi connectivity index (χ1) is 39.4. The zero-order valence-electron chi connectivity index (χ0n) is 47.0. The van der Waals surface area contributed by atoms with Crippen LogP contribution in [0.15, 0.2) is 197 Å². The maximum atomic E-state index is 7.12. The topological polar surface area (TPSA) is 84.0 Å². The molecule has 0 amide bonds. The molecule has 0 radical (unpaired) electrons. The average Bonchev–Trinajstić information content (AvgIpc) is 4.47. The molecular formula is C73H59N5O3Pt. The Bertz CT molecular complexity index is 4690. The standard InChI is InChI=1S/C73H59N5O3.Pt/c1-42(2)54-35-49(46-22-11-9-12-23-46)36-55(43(3)4)69(54)77-62-31-18-16-29-60(62)74-72(77)48-26-21-27-51(34-48)79-52-39-58-68-66(41-65-67(76-68)53-28-15-20-33-64(53)80-65)81-71(58)59(40-52)73-75-61-30-17-19-32-63(61)78(73)70-56(44(5)6)37-50(38-57(70)45(7)8)47-24-13-10-14-25-47;/h9-33,35-39,41-45H,1-8H3;/q-2;+2. The molecule has 404 valence electrons.